The van der Waals surface area contributed by atoms with Gasteiger partial charge in [0, 0.05) is 5.56 Å². The zero-order valence-corrected chi connectivity index (χ0v) is 18.5. The summed E-state index contributed by atoms with van der Waals surface area (Å²) < 4.78 is 31.2. The van der Waals surface area contributed by atoms with Gasteiger partial charge in [-0.1, -0.05) is 31.3 Å². The van der Waals surface area contributed by atoms with E-state index in [0.717, 1.165) is 22.2 Å². The number of fused-ring (bicyclic) bond motifs is 1. The fraction of sp³-hybridized carbons (Fsp3) is 0.286. The highest BCUT2D eigenvalue weighted by atomic mass is 32.2. The molecule has 7 nitrogen and oxygen atoms in total. The highest BCUT2D eigenvalue weighted by Gasteiger charge is 2.15. The molecule has 0 aliphatic rings. The molecular weight excluding hydrogens is 424 g/mol. The van der Waals surface area contributed by atoms with Crippen LogP contribution in [-0.2, 0) is 32.3 Å². The molecule has 1 aromatic heterocycles. The number of nitrogens with zero attached hydrogens (tertiary/aromatic N) is 2. The normalized spacial score (nSPS) is 12.3. The van der Waals surface area contributed by atoms with Crippen LogP contribution in [0.3, 0.4) is 0 Å². The van der Waals surface area contributed by atoms with Crippen LogP contribution in [0.2, 0.25) is 0 Å². The molecule has 30 heavy (non-hydrogen) atoms. The monoisotopic (exact) mass is 446 g/mol. The Kier molecular flexibility index (Phi) is 6.52. The predicted molar refractivity (Wildman–Crippen MR) is 115 cm³/mol. The van der Waals surface area contributed by atoms with E-state index in [2.05, 4.69) is 11.9 Å². The van der Waals surface area contributed by atoms with E-state index in [-0.39, 0.29) is 22.8 Å². The Labute approximate surface area is 178 Å². The van der Waals surface area contributed by atoms with Crippen molar-refractivity contribution in [3.63, 3.8) is 0 Å². The number of carbonyl (C=O) groups excluding carboxylic acids is 2. The Bertz CT molecular complexity index is 1270. The molecule has 0 aliphatic heterocycles. The number of ether oxygens (including phenoxy) is 1. The van der Waals surface area contributed by atoms with Crippen molar-refractivity contribution < 1.29 is 22.7 Å². The van der Waals surface area contributed by atoms with Crippen LogP contribution in [0, 0.1) is 0 Å². The minimum atomic E-state index is -3.34. The highest BCUT2D eigenvalue weighted by molar-refractivity contribution is 7.91. The first-order chi connectivity index (χ1) is 14.3. The SMILES string of the molecule is CCc1ccc2c(c1)sc(=NC(=O)c1ccc(S(=O)(=O)CC)cc1)n2CC(=O)OC. The molecule has 0 atom stereocenters. The number of benzene rings is 2. The smallest absolute Gasteiger partial charge is 0.325 e. The summed E-state index contributed by atoms with van der Waals surface area (Å²) in [6.45, 7) is 3.55. The fourth-order valence-corrected chi connectivity index (χ4v) is 4.87. The van der Waals surface area contributed by atoms with Crippen molar-refractivity contribution in [2.24, 2.45) is 4.99 Å². The lowest BCUT2D eigenvalue weighted by atomic mass is 10.2. The van der Waals surface area contributed by atoms with E-state index in [4.69, 9.17) is 4.74 Å². The molecule has 3 aromatic rings. The van der Waals surface area contributed by atoms with Gasteiger partial charge in [-0.15, -0.1) is 0 Å². The molecule has 158 valence electrons. The van der Waals surface area contributed by atoms with Crippen molar-refractivity contribution in [2.45, 2.75) is 31.7 Å². The quantitative estimate of drug-likeness (QED) is 0.543. The van der Waals surface area contributed by atoms with Gasteiger partial charge in [0.2, 0.25) is 0 Å². The van der Waals surface area contributed by atoms with Gasteiger partial charge in [-0.3, -0.25) is 9.59 Å². The number of methoxy groups -OCH3 is 1. The molecule has 1 heterocycles. The van der Waals surface area contributed by atoms with E-state index in [1.165, 1.54) is 42.7 Å². The molecule has 0 saturated heterocycles. The fourth-order valence-electron chi connectivity index (χ4n) is 2.89. The zero-order valence-electron chi connectivity index (χ0n) is 16.9. The molecule has 3 rings (SSSR count). The third-order valence-electron chi connectivity index (χ3n) is 4.71. The predicted octanol–water partition coefficient (Wildman–Crippen LogP) is 2.97. The molecule has 9 heteroatoms. The van der Waals surface area contributed by atoms with Gasteiger partial charge in [0.05, 0.1) is 28.0 Å². The first-order valence-electron chi connectivity index (χ1n) is 9.40. The van der Waals surface area contributed by atoms with E-state index in [1.54, 1.807) is 11.5 Å². The van der Waals surface area contributed by atoms with Crippen LogP contribution < -0.4 is 4.80 Å². The van der Waals surface area contributed by atoms with Gasteiger partial charge in [0.25, 0.3) is 5.91 Å². The average Bonchev–Trinajstić information content (AvgIpc) is 3.09. The van der Waals surface area contributed by atoms with Gasteiger partial charge in [0.15, 0.2) is 14.6 Å². The van der Waals surface area contributed by atoms with Crippen molar-refractivity contribution in [2.75, 3.05) is 12.9 Å². The number of hydrogen-bond acceptors (Lipinski definition) is 6. The third kappa shape index (κ3) is 4.52. The van der Waals surface area contributed by atoms with Crippen LogP contribution in [-0.4, -0.2) is 37.7 Å². The summed E-state index contributed by atoms with van der Waals surface area (Å²) in [5.41, 5.74) is 2.19. The number of hydrogen-bond donors (Lipinski definition) is 0. The van der Waals surface area contributed by atoms with Crippen LogP contribution in [0.15, 0.2) is 52.4 Å². The van der Waals surface area contributed by atoms with E-state index in [0.29, 0.717) is 4.80 Å². The summed E-state index contributed by atoms with van der Waals surface area (Å²) in [7, 11) is -2.04. The molecule has 0 spiro atoms. The Hall–Kier alpha value is -2.78. The average molecular weight is 447 g/mol. The van der Waals surface area contributed by atoms with Gasteiger partial charge >= 0.3 is 5.97 Å². The van der Waals surface area contributed by atoms with Crippen molar-refractivity contribution in [3.05, 3.63) is 58.4 Å². The molecule has 0 aliphatic carbocycles. The number of amides is 1. The van der Waals surface area contributed by atoms with E-state index in [1.807, 2.05) is 18.2 Å². The Balaban J connectivity index is 2.06. The van der Waals surface area contributed by atoms with Gasteiger partial charge in [0.1, 0.15) is 6.54 Å². The second kappa shape index (κ2) is 8.93. The Morgan fingerprint density at radius 3 is 2.40 bits per heavy atom. The summed E-state index contributed by atoms with van der Waals surface area (Å²) in [6.07, 6.45) is 0.864. The number of thiazole rings is 1. The van der Waals surface area contributed by atoms with Crippen molar-refractivity contribution in [1.82, 2.24) is 4.57 Å². The minimum absolute atomic E-state index is 0.0142. The van der Waals surface area contributed by atoms with Crippen LogP contribution in [0.25, 0.3) is 10.2 Å². The molecule has 0 bridgehead atoms. The first kappa shape index (κ1) is 21.9. The van der Waals surface area contributed by atoms with Gasteiger partial charge in [-0.2, -0.15) is 4.99 Å². The molecule has 1 amide bonds. The number of carbonyl (C=O) groups is 2. The van der Waals surface area contributed by atoms with E-state index < -0.39 is 21.7 Å². The van der Waals surface area contributed by atoms with Gasteiger partial charge in [-0.05, 0) is 48.4 Å². The second-order valence-corrected chi connectivity index (χ2v) is 9.83. The molecule has 0 saturated carbocycles. The van der Waals surface area contributed by atoms with Crippen molar-refractivity contribution >= 4 is 43.3 Å². The lowest BCUT2D eigenvalue weighted by molar-refractivity contribution is -0.141. The summed E-state index contributed by atoms with van der Waals surface area (Å²) in [4.78, 5) is 29.3. The summed E-state index contributed by atoms with van der Waals surface area (Å²) in [5, 5.41) is 0. The lowest BCUT2D eigenvalue weighted by Gasteiger charge is -2.04. The molecule has 0 unspecified atom stereocenters. The standard InChI is InChI=1S/C21H22N2O5S2/c1-4-14-6-11-17-18(12-14)29-21(23(17)13-19(24)28-3)22-20(25)15-7-9-16(10-8-15)30(26,27)5-2/h6-12H,4-5,13H2,1-3H3. The van der Waals surface area contributed by atoms with Crippen LogP contribution in [0.5, 0.6) is 0 Å². The Morgan fingerprint density at radius 2 is 1.80 bits per heavy atom. The maximum Gasteiger partial charge on any atom is 0.325 e. The molecule has 2 aromatic carbocycles. The Morgan fingerprint density at radius 1 is 1.10 bits per heavy atom. The lowest BCUT2D eigenvalue weighted by Crippen LogP contribution is -2.22. The maximum absolute atomic E-state index is 12.7. The topological polar surface area (TPSA) is 94.8 Å². The van der Waals surface area contributed by atoms with Crippen LogP contribution >= 0.6 is 11.3 Å². The van der Waals surface area contributed by atoms with Crippen LogP contribution in [0.1, 0.15) is 29.8 Å². The minimum Gasteiger partial charge on any atom is -0.468 e. The van der Waals surface area contributed by atoms with Crippen molar-refractivity contribution in [3.8, 4) is 0 Å². The number of aromatic nitrogens is 1. The largest absolute Gasteiger partial charge is 0.468 e. The van der Waals surface area contributed by atoms with E-state index >= 15 is 0 Å². The highest BCUT2D eigenvalue weighted by Crippen LogP contribution is 2.20. The first-order valence-corrected chi connectivity index (χ1v) is 11.9. The van der Waals surface area contributed by atoms with Gasteiger partial charge < -0.3 is 9.30 Å². The van der Waals surface area contributed by atoms with E-state index in [9.17, 15) is 18.0 Å². The summed E-state index contributed by atoms with van der Waals surface area (Å²) >= 11 is 1.31. The van der Waals surface area contributed by atoms with Crippen LogP contribution in [0.4, 0.5) is 0 Å². The summed E-state index contributed by atoms with van der Waals surface area (Å²) in [6, 6.07) is 11.6. The second-order valence-electron chi connectivity index (χ2n) is 6.55. The zero-order chi connectivity index (χ0) is 21.9. The number of aryl methyl sites for hydroxylation is 1. The molecule has 0 fully saturated rings. The molecule has 0 N–H and O–H groups in total. The third-order valence-corrected chi connectivity index (χ3v) is 7.50. The molecule has 0 radical (unpaired) electrons. The number of esters is 1. The maximum atomic E-state index is 12.7. The number of sulfone groups is 1. The summed E-state index contributed by atoms with van der Waals surface area (Å²) in [5.74, 6) is -0.978. The molecular formula is C21H22N2O5S2. The van der Waals surface area contributed by atoms with Gasteiger partial charge in [-0.25, -0.2) is 8.42 Å². The number of rotatable bonds is 6. The van der Waals surface area contributed by atoms with Crippen molar-refractivity contribution in [1.29, 1.82) is 0 Å².